The van der Waals surface area contributed by atoms with Crippen LogP contribution in [0.5, 0.6) is 5.88 Å². The average Bonchev–Trinajstić information content (AvgIpc) is 2.38. The van der Waals surface area contributed by atoms with Crippen LogP contribution < -0.4 is 4.74 Å². The molecule has 0 saturated heterocycles. The molecule has 88 valence electrons. The number of hydrogen-bond donors (Lipinski definition) is 1. The molecule has 0 spiro atoms. The third kappa shape index (κ3) is 2.42. The number of nitrogens with zero attached hydrogens (tertiary/aromatic N) is 2. The van der Waals surface area contributed by atoms with Gasteiger partial charge < -0.3 is 9.84 Å². The zero-order valence-corrected chi connectivity index (χ0v) is 9.79. The molecule has 4 nitrogen and oxygen atoms in total. The molecular formula is C13H14N2O2. The zero-order valence-electron chi connectivity index (χ0n) is 9.79. The second-order valence-electron chi connectivity index (χ2n) is 3.80. The van der Waals surface area contributed by atoms with Crippen molar-refractivity contribution in [3.63, 3.8) is 0 Å². The second-order valence-corrected chi connectivity index (χ2v) is 3.80. The summed E-state index contributed by atoms with van der Waals surface area (Å²) in [5, 5.41) is 10.3. The molecule has 0 radical (unpaired) electrons. The summed E-state index contributed by atoms with van der Waals surface area (Å²) in [6.45, 7) is 1.93. The maximum atomic E-state index is 10.3. The molecule has 2 aromatic rings. The van der Waals surface area contributed by atoms with Crippen molar-refractivity contribution in [2.45, 2.75) is 13.0 Å². The first-order chi connectivity index (χ1) is 8.22. The van der Waals surface area contributed by atoms with E-state index in [1.807, 2.05) is 13.0 Å². The minimum Gasteiger partial charge on any atom is -0.481 e. The number of aryl methyl sites for hydroxylation is 1. The summed E-state index contributed by atoms with van der Waals surface area (Å²) in [6, 6.07) is 5.45. The first kappa shape index (κ1) is 11.5. The lowest BCUT2D eigenvalue weighted by Crippen LogP contribution is -2.04. The number of aromatic nitrogens is 2. The van der Waals surface area contributed by atoms with Crippen LogP contribution in [-0.2, 0) is 0 Å². The quantitative estimate of drug-likeness (QED) is 0.874. The van der Waals surface area contributed by atoms with Gasteiger partial charge in [0.2, 0.25) is 5.88 Å². The topological polar surface area (TPSA) is 55.2 Å². The van der Waals surface area contributed by atoms with Crippen LogP contribution in [0.2, 0.25) is 0 Å². The summed E-state index contributed by atoms with van der Waals surface area (Å²) in [5.74, 6) is 0.432. The Bertz CT molecular complexity index is 514. The van der Waals surface area contributed by atoms with Crippen LogP contribution >= 0.6 is 0 Å². The first-order valence-electron chi connectivity index (χ1n) is 5.31. The Hall–Kier alpha value is -1.94. The molecular weight excluding hydrogens is 216 g/mol. The Balaban J connectivity index is 2.40. The van der Waals surface area contributed by atoms with E-state index >= 15 is 0 Å². The van der Waals surface area contributed by atoms with Crippen molar-refractivity contribution in [3.05, 3.63) is 53.5 Å². The van der Waals surface area contributed by atoms with Gasteiger partial charge in [-0.05, 0) is 24.6 Å². The molecule has 0 bridgehead atoms. The maximum absolute atomic E-state index is 10.3. The predicted octanol–water partition coefficient (Wildman–Crippen LogP) is 1.88. The van der Waals surface area contributed by atoms with Gasteiger partial charge in [-0.1, -0.05) is 6.07 Å². The maximum Gasteiger partial charge on any atom is 0.219 e. The number of methoxy groups -OCH3 is 1. The van der Waals surface area contributed by atoms with Gasteiger partial charge in [-0.2, -0.15) is 0 Å². The number of hydrogen-bond acceptors (Lipinski definition) is 4. The number of rotatable bonds is 3. The Morgan fingerprint density at radius 1 is 1.35 bits per heavy atom. The van der Waals surface area contributed by atoms with Crippen LogP contribution in [0.15, 0.2) is 36.8 Å². The molecule has 2 rings (SSSR count). The van der Waals surface area contributed by atoms with E-state index in [1.54, 1.807) is 30.7 Å². The largest absolute Gasteiger partial charge is 0.481 e. The summed E-state index contributed by atoms with van der Waals surface area (Å²) < 4.78 is 5.13. The molecule has 0 aliphatic carbocycles. The Morgan fingerprint density at radius 3 is 2.88 bits per heavy atom. The molecule has 0 aromatic carbocycles. The number of ether oxygens (including phenoxy) is 1. The van der Waals surface area contributed by atoms with E-state index in [0.29, 0.717) is 11.4 Å². The van der Waals surface area contributed by atoms with Crippen LogP contribution in [0.1, 0.15) is 22.8 Å². The highest BCUT2D eigenvalue weighted by atomic mass is 16.5. The molecule has 0 aliphatic heterocycles. The molecule has 1 N–H and O–H groups in total. The summed E-state index contributed by atoms with van der Waals surface area (Å²) in [6.07, 6.45) is 4.25. The summed E-state index contributed by atoms with van der Waals surface area (Å²) in [5.41, 5.74) is 2.38. The summed E-state index contributed by atoms with van der Waals surface area (Å²) >= 11 is 0. The van der Waals surface area contributed by atoms with E-state index in [2.05, 4.69) is 9.97 Å². The van der Waals surface area contributed by atoms with Crippen molar-refractivity contribution in [1.82, 2.24) is 9.97 Å². The summed E-state index contributed by atoms with van der Waals surface area (Å²) in [7, 11) is 1.53. The fourth-order valence-electron chi connectivity index (χ4n) is 1.69. The van der Waals surface area contributed by atoms with Crippen molar-refractivity contribution in [2.75, 3.05) is 7.11 Å². The predicted molar refractivity (Wildman–Crippen MR) is 63.8 cm³/mol. The molecule has 0 amide bonds. The average molecular weight is 230 g/mol. The normalized spacial score (nSPS) is 12.2. The van der Waals surface area contributed by atoms with E-state index in [1.165, 1.54) is 7.11 Å². The van der Waals surface area contributed by atoms with Gasteiger partial charge in [-0.3, -0.25) is 4.98 Å². The van der Waals surface area contributed by atoms with Crippen LogP contribution in [0, 0.1) is 6.92 Å². The van der Waals surface area contributed by atoms with Crippen molar-refractivity contribution in [1.29, 1.82) is 0 Å². The van der Waals surface area contributed by atoms with Crippen molar-refractivity contribution < 1.29 is 9.84 Å². The van der Waals surface area contributed by atoms with E-state index in [9.17, 15) is 5.11 Å². The fourth-order valence-corrected chi connectivity index (χ4v) is 1.69. The van der Waals surface area contributed by atoms with Gasteiger partial charge in [0.15, 0.2) is 0 Å². The molecule has 1 atom stereocenters. The molecule has 0 fully saturated rings. The third-order valence-corrected chi connectivity index (χ3v) is 2.50. The Morgan fingerprint density at radius 2 is 2.18 bits per heavy atom. The third-order valence-electron chi connectivity index (χ3n) is 2.50. The van der Waals surface area contributed by atoms with Gasteiger partial charge in [-0.25, -0.2) is 4.98 Å². The van der Waals surface area contributed by atoms with Crippen molar-refractivity contribution in [3.8, 4) is 5.88 Å². The number of aliphatic hydroxyl groups is 1. The summed E-state index contributed by atoms with van der Waals surface area (Å²) in [4.78, 5) is 8.13. The van der Waals surface area contributed by atoms with E-state index in [-0.39, 0.29) is 0 Å². The van der Waals surface area contributed by atoms with E-state index < -0.39 is 6.10 Å². The minimum absolute atomic E-state index is 0.432. The lowest BCUT2D eigenvalue weighted by atomic mass is 10.0. The second kappa shape index (κ2) is 4.93. The SMILES string of the molecule is COc1ncccc1C(O)c1cncc(C)c1. The lowest BCUT2D eigenvalue weighted by Gasteiger charge is -2.13. The Kier molecular flexibility index (Phi) is 3.35. The van der Waals surface area contributed by atoms with Crippen molar-refractivity contribution in [2.24, 2.45) is 0 Å². The molecule has 0 aliphatic rings. The Labute approximate surface area is 99.9 Å². The molecule has 1 unspecified atom stereocenters. The standard InChI is InChI=1S/C13H14N2O2/c1-9-6-10(8-14-7-9)12(16)11-4-3-5-15-13(11)17-2/h3-8,12,16H,1-2H3. The van der Waals surface area contributed by atoms with Gasteiger partial charge in [-0.15, -0.1) is 0 Å². The molecule has 2 aromatic heterocycles. The van der Waals surface area contributed by atoms with Crippen molar-refractivity contribution >= 4 is 0 Å². The number of pyridine rings is 2. The molecule has 0 saturated carbocycles. The highest BCUT2D eigenvalue weighted by Gasteiger charge is 2.16. The van der Waals surface area contributed by atoms with E-state index in [0.717, 1.165) is 11.1 Å². The van der Waals surface area contributed by atoms with Crippen LogP contribution in [0.3, 0.4) is 0 Å². The lowest BCUT2D eigenvalue weighted by molar-refractivity contribution is 0.213. The van der Waals surface area contributed by atoms with Crippen LogP contribution in [-0.4, -0.2) is 22.2 Å². The monoisotopic (exact) mass is 230 g/mol. The van der Waals surface area contributed by atoms with E-state index in [4.69, 9.17) is 4.74 Å². The number of aliphatic hydroxyl groups excluding tert-OH is 1. The smallest absolute Gasteiger partial charge is 0.219 e. The van der Waals surface area contributed by atoms with Gasteiger partial charge in [0, 0.05) is 29.7 Å². The first-order valence-corrected chi connectivity index (χ1v) is 5.31. The van der Waals surface area contributed by atoms with Crippen LogP contribution in [0.4, 0.5) is 0 Å². The zero-order chi connectivity index (χ0) is 12.3. The van der Waals surface area contributed by atoms with Gasteiger partial charge >= 0.3 is 0 Å². The minimum atomic E-state index is -0.772. The van der Waals surface area contributed by atoms with Crippen LogP contribution in [0.25, 0.3) is 0 Å². The molecule has 2 heterocycles. The highest BCUT2D eigenvalue weighted by molar-refractivity contribution is 5.35. The van der Waals surface area contributed by atoms with Gasteiger partial charge in [0.05, 0.1) is 7.11 Å². The molecule has 4 heteroatoms. The molecule has 17 heavy (non-hydrogen) atoms. The highest BCUT2D eigenvalue weighted by Crippen LogP contribution is 2.27. The fraction of sp³-hybridized carbons (Fsp3) is 0.231. The van der Waals surface area contributed by atoms with Gasteiger partial charge in [0.1, 0.15) is 6.10 Å². The van der Waals surface area contributed by atoms with Gasteiger partial charge in [0.25, 0.3) is 0 Å².